The molecule has 0 atom stereocenters. The lowest BCUT2D eigenvalue weighted by Crippen LogP contribution is -2.53. The zero-order valence-corrected chi connectivity index (χ0v) is 14.1. The number of likely N-dealkylation sites (tertiary alicyclic amines) is 2. The van der Waals surface area contributed by atoms with Crippen LogP contribution in [0.1, 0.15) is 70.6 Å². The molecule has 0 aromatic carbocycles. The molecule has 4 rings (SSSR count). The molecule has 0 aromatic heterocycles. The first kappa shape index (κ1) is 15.0. The standard InChI is InChI=1S/C19H32N2O/c22-18(14-16-4-1-2-5-16)20-12-9-19(10-13-20)8-3-11-21(19)15-17-6-7-17/h16-17H,1-15H2. The number of carbonyl (C=O) groups is 1. The van der Waals surface area contributed by atoms with Crippen molar-refractivity contribution < 1.29 is 4.79 Å². The van der Waals surface area contributed by atoms with E-state index in [0.717, 1.165) is 25.4 Å². The van der Waals surface area contributed by atoms with Crippen molar-refractivity contribution in [2.75, 3.05) is 26.2 Å². The Morgan fingerprint density at radius 1 is 0.864 bits per heavy atom. The Morgan fingerprint density at radius 3 is 2.27 bits per heavy atom. The van der Waals surface area contributed by atoms with Gasteiger partial charge in [-0.05, 0) is 69.7 Å². The van der Waals surface area contributed by atoms with Crippen LogP contribution in [0.3, 0.4) is 0 Å². The quantitative estimate of drug-likeness (QED) is 0.794. The number of carbonyl (C=O) groups excluding carboxylic acids is 1. The van der Waals surface area contributed by atoms with Crippen molar-refractivity contribution in [3.8, 4) is 0 Å². The van der Waals surface area contributed by atoms with Gasteiger partial charge in [0, 0.05) is 31.6 Å². The van der Waals surface area contributed by atoms with Crippen LogP contribution in [0.2, 0.25) is 0 Å². The van der Waals surface area contributed by atoms with Gasteiger partial charge in [-0.1, -0.05) is 12.8 Å². The second kappa shape index (κ2) is 6.14. The molecule has 22 heavy (non-hydrogen) atoms. The first-order valence-electron chi connectivity index (χ1n) is 9.78. The molecule has 3 nitrogen and oxygen atoms in total. The SMILES string of the molecule is O=C(CC1CCCC1)N1CCC2(CCCN2CC2CC2)CC1. The van der Waals surface area contributed by atoms with Gasteiger partial charge in [-0.3, -0.25) is 9.69 Å². The molecule has 1 spiro atoms. The molecule has 124 valence electrons. The second-order valence-corrected chi connectivity index (χ2v) is 8.45. The van der Waals surface area contributed by atoms with E-state index in [9.17, 15) is 4.79 Å². The van der Waals surface area contributed by atoms with Crippen molar-refractivity contribution in [3.63, 3.8) is 0 Å². The molecule has 1 amide bonds. The average Bonchev–Trinajstić information content (AvgIpc) is 3.05. The van der Waals surface area contributed by atoms with Crippen molar-refractivity contribution in [2.45, 2.75) is 76.2 Å². The van der Waals surface area contributed by atoms with E-state index in [0.29, 0.717) is 17.4 Å². The molecule has 0 bridgehead atoms. The van der Waals surface area contributed by atoms with E-state index < -0.39 is 0 Å². The Kier molecular flexibility index (Phi) is 4.19. The summed E-state index contributed by atoms with van der Waals surface area (Å²) in [6.07, 6.45) is 14.2. The largest absolute Gasteiger partial charge is 0.343 e. The van der Waals surface area contributed by atoms with Crippen LogP contribution in [0, 0.1) is 11.8 Å². The summed E-state index contributed by atoms with van der Waals surface area (Å²) in [7, 11) is 0. The summed E-state index contributed by atoms with van der Waals surface area (Å²) in [5.74, 6) is 2.15. The van der Waals surface area contributed by atoms with Gasteiger partial charge in [0.25, 0.3) is 0 Å². The third kappa shape index (κ3) is 3.06. The summed E-state index contributed by atoms with van der Waals surface area (Å²) in [6, 6.07) is 0. The van der Waals surface area contributed by atoms with E-state index in [1.165, 1.54) is 77.3 Å². The molecule has 0 unspecified atom stereocenters. The lowest BCUT2D eigenvalue weighted by atomic mass is 9.84. The van der Waals surface area contributed by atoms with Gasteiger partial charge in [-0.2, -0.15) is 0 Å². The van der Waals surface area contributed by atoms with E-state index >= 15 is 0 Å². The summed E-state index contributed by atoms with van der Waals surface area (Å²) in [5, 5.41) is 0. The van der Waals surface area contributed by atoms with Crippen LogP contribution < -0.4 is 0 Å². The molecule has 0 radical (unpaired) electrons. The molecule has 2 saturated carbocycles. The topological polar surface area (TPSA) is 23.6 Å². The third-order valence-electron chi connectivity index (χ3n) is 6.90. The Hall–Kier alpha value is -0.570. The van der Waals surface area contributed by atoms with Crippen LogP contribution >= 0.6 is 0 Å². The Bertz CT molecular complexity index is 404. The maximum Gasteiger partial charge on any atom is 0.222 e. The summed E-state index contributed by atoms with van der Waals surface area (Å²) >= 11 is 0. The van der Waals surface area contributed by atoms with Crippen LogP contribution in [0.5, 0.6) is 0 Å². The van der Waals surface area contributed by atoms with Gasteiger partial charge in [0.15, 0.2) is 0 Å². The molecular formula is C19H32N2O. The van der Waals surface area contributed by atoms with Gasteiger partial charge in [0.05, 0.1) is 0 Å². The van der Waals surface area contributed by atoms with E-state index in [2.05, 4.69) is 9.80 Å². The fourth-order valence-corrected chi connectivity index (χ4v) is 5.22. The lowest BCUT2D eigenvalue weighted by molar-refractivity contribution is -0.134. The van der Waals surface area contributed by atoms with Crippen LogP contribution in [0.15, 0.2) is 0 Å². The van der Waals surface area contributed by atoms with E-state index in [1.54, 1.807) is 0 Å². The summed E-state index contributed by atoms with van der Waals surface area (Å²) in [6.45, 7) is 4.70. The second-order valence-electron chi connectivity index (χ2n) is 8.45. The molecule has 3 heteroatoms. The molecule has 4 aliphatic rings. The Labute approximate surface area is 135 Å². The van der Waals surface area contributed by atoms with Gasteiger partial charge >= 0.3 is 0 Å². The van der Waals surface area contributed by atoms with Crippen molar-refractivity contribution in [1.82, 2.24) is 9.80 Å². The molecule has 2 saturated heterocycles. The number of piperidine rings is 1. The highest BCUT2D eigenvalue weighted by molar-refractivity contribution is 5.76. The van der Waals surface area contributed by atoms with Crippen molar-refractivity contribution in [3.05, 3.63) is 0 Å². The van der Waals surface area contributed by atoms with Gasteiger partial charge in [-0.25, -0.2) is 0 Å². The predicted molar refractivity (Wildman–Crippen MR) is 88.7 cm³/mol. The monoisotopic (exact) mass is 304 g/mol. The summed E-state index contributed by atoms with van der Waals surface area (Å²) in [5.41, 5.74) is 0.465. The van der Waals surface area contributed by atoms with Crippen LogP contribution in [-0.4, -0.2) is 47.4 Å². The zero-order chi connectivity index (χ0) is 15.0. The molecular weight excluding hydrogens is 272 g/mol. The van der Waals surface area contributed by atoms with Gasteiger partial charge in [0.2, 0.25) is 5.91 Å². The number of hydrogen-bond donors (Lipinski definition) is 0. The maximum absolute atomic E-state index is 12.5. The van der Waals surface area contributed by atoms with E-state index in [4.69, 9.17) is 0 Å². The Morgan fingerprint density at radius 2 is 1.59 bits per heavy atom. The first-order chi connectivity index (χ1) is 10.8. The van der Waals surface area contributed by atoms with Crippen molar-refractivity contribution >= 4 is 5.91 Å². The van der Waals surface area contributed by atoms with Crippen LogP contribution in [0.4, 0.5) is 0 Å². The minimum Gasteiger partial charge on any atom is -0.343 e. The lowest BCUT2D eigenvalue weighted by Gasteiger charge is -2.45. The van der Waals surface area contributed by atoms with Gasteiger partial charge in [0.1, 0.15) is 0 Å². The van der Waals surface area contributed by atoms with Gasteiger partial charge < -0.3 is 4.90 Å². The molecule has 0 N–H and O–H groups in total. The fraction of sp³-hybridized carbons (Fsp3) is 0.947. The summed E-state index contributed by atoms with van der Waals surface area (Å²) < 4.78 is 0. The first-order valence-corrected chi connectivity index (χ1v) is 9.78. The van der Waals surface area contributed by atoms with Crippen molar-refractivity contribution in [2.24, 2.45) is 11.8 Å². The van der Waals surface area contributed by atoms with Crippen molar-refractivity contribution in [1.29, 1.82) is 0 Å². The van der Waals surface area contributed by atoms with Crippen LogP contribution in [0.25, 0.3) is 0 Å². The number of rotatable bonds is 4. The third-order valence-corrected chi connectivity index (χ3v) is 6.90. The minimum absolute atomic E-state index is 0.452. The Balaban J connectivity index is 1.30. The minimum atomic E-state index is 0.452. The molecule has 2 aliphatic carbocycles. The highest BCUT2D eigenvalue weighted by Crippen LogP contribution is 2.42. The molecule has 0 aromatic rings. The zero-order valence-electron chi connectivity index (χ0n) is 14.1. The highest BCUT2D eigenvalue weighted by atomic mass is 16.2. The normalized spacial score (nSPS) is 29.5. The smallest absolute Gasteiger partial charge is 0.222 e. The highest BCUT2D eigenvalue weighted by Gasteiger charge is 2.45. The van der Waals surface area contributed by atoms with Gasteiger partial charge in [-0.15, -0.1) is 0 Å². The number of amides is 1. The predicted octanol–water partition coefficient (Wildman–Crippen LogP) is 3.43. The average molecular weight is 304 g/mol. The molecule has 2 aliphatic heterocycles. The molecule has 4 fully saturated rings. The number of hydrogen-bond acceptors (Lipinski definition) is 2. The summed E-state index contributed by atoms with van der Waals surface area (Å²) in [4.78, 5) is 17.5. The van der Waals surface area contributed by atoms with E-state index in [-0.39, 0.29) is 0 Å². The van der Waals surface area contributed by atoms with E-state index in [1.807, 2.05) is 0 Å². The number of nitrogens with zero attached hydrogens (tertiary/aromatic N) is 2. The fourth-order valence-electron chi connectivity index (χ4n) is 5.22. The molecule has 2 heterocycles. The van der Waals surface area contributed by atoms with Crippen LogP contribution in [-0.2, 0) is 4.79 Å². The maximum atomic E-state index is 12.5.